The van der Waals surface area contributed by atoms with Gasteiger partial charge in [-0.15, -0.1) is 12.6 Å². The minimum atomic E-state index is -0.705. The van der Waals surface area contributed by atoms with E-state index >= 15 is 0 Å². The van der Waals surface area contributed by atoms with Gasteiger partial charge >= 0.3 is 0 Å². The Morgan fingerprint density at radius 3 is 1.50 bits per heavy atom. The Kier molecular flexibility index (Phi) is 11.0. The Balaban J connectivity index is 1.14. The van der Waals surface area contributed by atoms with Crippen LogP contribution in [0.5, 0.6) is 0 Å². The van der Waals surface area contributed by atoms with E-state index in [0.717, 1.165) is 19.4 Å². The molecular formula is C44H41N2P2-. The van der Waals surface area contributed by atoms with Gasteiger partial charge in [0.05, 0.1) is 0 Å². The van der Waals surface area contributed by atoms with Crippen LogP contribution in [0.15, 0.2) is 175 Å². The summed E-state index contributed by atoms with van der Waals surface area (Å²) in [7, 11) is -1.39. The molecule has 48 heavy (non-hydrogen) atoms. The van der Waals surface area contributed by atoms with Gasteiger partial charge in [0.2, 0.25) is 0 Å². The minimum Gasteiger partial charge on any atom is -0.654 e. The summed E-state index contributed by atoms with van der Waals surface area (Å²) in [6, 6.07) is 62.1. The largest absolute Gasteiger partial charge is 0.654 e. The van der Waals surface area contributed by atoms with Gasteiger partial charge < -0.3 is 5.32 Å². The van der Waals surface area contributed by atoms with E-state index in [0.29, 0.717) is 0 Å². The fraction of sp³-hybridized carbons (Fsp3) is 0.159. The van der Waals surface area contributed by atoms with Gasteiger partial charge in [-0.05, 0) is 54.1 Å². The summed E-state index contributed by atoms with van der Waals surface area (Å²) in [4.78, 5) is 5.33. The van der Waals surface area contributed by atoms with Gasteiger partial charge in [0.15, 0.2) is 0 Å². The molecule has 7 rings (SSSR count). The fourth-order valence-electron chi connectivity index (χ4n) is 6.70. The molecule has 1 saturated carbocycles. The molecule has 0 aliphatic heterocycles. The van der Waals surface area contributed by atoms with Crippen LogP contribution in [0.25, 0.3) is 5.32 Å². The Morgan fingerprint density at radius 1 is 0.500 bits per heavy atom. The molecule has 4 heteroatoms. The van der Waals surface area contributed by atoms with Crippen LogP contribution in [0.1, 0.15) is 36.8 Å². The van der Waals surface area contributed by atoms with Gasteiger partial charge in [0, 0.05) is 17.8 Å². The van der Waals surface area contributed by atoms with E-state index < -0.39 is 15.8 Å². The summed E-state index contributed by atoms with van der Waals surface area (Å²) >= 11 is 0. The van der Waals surface area contributed by atoms with Crippen molar-refractivity contribution in [3.05, 3.63) is 186 Å². The van der Waals surface area contributed by atoms with Crippen molar-refractivity contribution < 1.29 is 0 Å². The van der Waals surface area contributed by atoms with E-state index in [4.69, 9.17) is 10.3 Å². The smallest absolute Gasteiger partial charge is 0.0340 e. The van der Waals surface area contributed by atoms with E-state index in [1.807, 2.05) is 0 Å². The molecule has 1 aliphatic rings. The van der Waals surface area contributed by atoms with Crippen molar-refractivity contribution >= 4 is 53.9 Å². The minimum absolute atomic E-state index is 0.198. The lowest BCUT2D eigenvalue weighted by molar-refractivity contribution is 0.410. The molecular weight excluding hydrogens is 618 g/mol. The molecule has 0 radical (unpaired) electrons. The third kappa shape index (κ3) is 7.75. The van der Waals surface area contributed by atoms with E-state index in [2.05, 4.69) is 176 Å². The highest BCUT2D eigenvalue weighted by atomic mass is 31.1. The summed E-state index contributed by atoms with van der Waals surface area (Å²) in [6.07, 6.45) is 6.76. The highest BCUT2D eigenvalue weighted by Crippen LogP contribution is 2.36. The van der Waals surface area contributed by atoms with Crippen LogP contribution < -0.4 is 31.8 Å². The maximum absolute atomic E-state index is 5.43. The number of hydrogen-bond donors (Lipinski definition) is 0. The lowest BCUT2D eigenvalue weighted by Crippen LogP contribution is -2.29. The lowest BCUT2D eigenvalue weighted by atomic mass is 9.90. The van der Waals surface area contributed by atoms with Gasteiger partial charge in [-0.25, -0.2) is 0 Å². The molecule has 0 saturated heterocycles. The molecule has 0 spiro atoms. The highest BCUT2D eigenvalue weighted by Gasteiger charge is 2.22. The van der Waals surface area contributed by atoms with Gasteiger partial charge in [-0.2, -0.15) is 0 Å². The predicted molar refractivity (Wildman–Crippen MR) is 211 cm³/mol. The Hall–Kier alpha value is -4.19. The first-order valence-electron chi connectivity index (χ1n) is 17.0. The maximum Gasteiger partial charge on any atom is 0.0340 e. The van der Waals surface area contributed by atoms with Gasteiger partial charge in [0.1, 0.15) is 0 Å². The second kappa shape index (κ2) is 16.3. The molecule has 0 aromatic heterocycles. The first kappa shape index (κ1) is 32.4. The first-order valence-corrected chi connectivity index (χ1v) is 19.7. The second-order valence-corrected chi connectivity index (χ2v) is 16.6. The number of benzene rings is 6. The fourth-order valence-corrected chi connectivity index (χ4v) is 11.6. The van der Waals surface area contributed by atoms with E-state index in [1.165, 1.54) is 55.8 Å². The van der Waals surface area contributed by atoms with Crippen LogP contribution in [0.2, 0.25) is 0 Å². The summed E-state index contributed by atoms with van der Waals surface area (Å²) < 4.78 is 0. The summed E-state index contributed by atoms with van der Waals surface area (Å²) in [5, 5.41) is 13.6. The first-order chi connectivity index (χ1) is 23.8. The average molecular weight is 660 g/mol. The van der Waals surface area contributed by atoms with Crippen molar-refractivity contribution in [2.24, 2.45) is 4.99 Å². The molecule has 6 aromatic rings. The molecule has 2 unspecified atom stereocenters. The maximum atomic E-state index is 5.43. The van der Waals surface area contributed by atoms with Crippen molar-refractivity contribution in [2.75, 3.05) is 0 Å². The van der Waals surface area contributed by atoms with E-state index in [9.17, 15) is 0 Å². The van der Waals surface area contributed by atoms with Crippen molar-refractivity contribution in [3.63, 3.8) is 0 Å². The summed E-state index contributed by atoms with van der Waals surface area (Å²) in [5.41, 5.74) is 2.54. The molecule has 2 atom stereocenters. The lowest BCUT2D eigenvalue weighted by Gasteiger charge is -2.40. The number of rotatable bonds is 11. The molecule has 2 nitrogen and oxygen atoms in total. The third-order valence-corrected chi connectivity index (χ3v) is 14.1. The highest BCUT2D eigenvalue weighted by molar-refractivity contribution is 7.80. The summed E-state index contributed by atoms with van der Waals surface area (Å²) in [5.74, 6) is 0. The zero-order valence-corrected chi connectivity index (χ0v) is 29.0. The van der Waals surface area contributed by atoms with Gasteiger partial charge in [-0.1, -0.05) is 195 Å². The Bertz CT molecular complexity index is 1820. The van der Waals surface area contributed by atoms with Crippen molar-refractivity contribution in [1.82, 2.24) is 0 Å². The molecule has 0 N–H and O–H groups in total. The molecule has 0 heterocycles. The monoisotopic (exact) mass is 659 g/mol. The van der Waals surface area contributed by atoms with Crippen LogP contribution in [-0.2, 0) is 6.54 Å². The zero-order chi connectivity index (χ0) is 32.4. The van der Waals surface area contributed by atoms with E-state index in [1.54, 1.807) is 0 Å². The summed E-state index contributed by atoms with van der Waals surface area (Å²) in [6.45, 7) is 0.718. The normalized spacial score (nSPS) is 16.5. The van der Waals surface area contributed by atoms with Crippen LogP contribution in [0.3, 0.4) is 0 Å². The number of hydrogen-bond acceptors (Lipinski definition) is 1. The molecule has 0 bridgehead atoms. The molecule has 1 fully saturated rings. The Labute approximate surface area is 288 Å². The predicted octanol–water partition coefficient (Wildman–Crippen LogP) is 8.51. The molecule has 0 amide bonds. The number of aliphatic imine (C=N–C) groups is 1. The van der Waals surface area contributed by atoms with Gasteiger partial charge in [-0.3, -0.25) is 4.99 Å². The standard InChI is InChI=1S/C44H41N2P2/c1-5-21-37(22-6-1)47(38-23-7-2-8-24-38)43-31-17-13-19-35(43)33-45-41-29-15-16-30-42(41)46-34-36-20-14-18-32-44(36)48(39-25-9-3-10-26-39)40-27-11-4-12-28-40/h1-14,17-28,31-33,41-42H,15-16,29-30,34H2/q-1. The SMILES string of the molecule is C(=NC1CCCCC1[N-]Cc1ccccc1P(c1ccccc1)c1ccccc1)c1ccccc1P(c1ccccc1)c1ccccc1. The van der Waals surface area contributed by atoms with Crippen LogP contribution in [0, 0.1) is 0 Å². The molecule has 6 aromatic carbocycles. The topological polar surface area (TPSA) is 26.5 Å². The average Bonchev–Trinajstić information content (AvgIpc) is 3.16. The van der Waals surface area contributed by atoms with Crippen molar-refractivity contribution in [1.29, 1.82) is 0 Å². The van der Waals surface area contributed by atoms with E-state index in [-0.39, 0.29) is 12.1 Å². The Morgan fingerprint density at radius 2 is 0.938 bits per heavy atom. The number of nitrogens with zero attached hydrogens (tertiary/aromatic N) is 2. The van der Waals surface area contributed by atoms with Crippen LogP contribution in [-0.4, -0.2) is 18.3 Å². The van der Waals surface area contributed by atoms with Crippen molar-refractivity contribution in [2.45, 2.75) is 44.3 Å². The zero-order valence-electron chi connectivity index (χ0n) is 27.2. The van der Waals surface area contributed by atoms with Gasteiger partial charge in [0.25, 0.3) is 0 Å². The van der Waals surface area contributed by atoms with Crippen LogP contribution in [0.4, 0.5) is 0 Å². The molecule has 1 aliphatic carbocycles. The molecule has 238 valence electrons. The quantitative estimate of drug-likeness (QED) is 0.0986. The van der Waals surface area contributed by atoms with Crippen LogP contribution >= 0.6 is 15.8 Å². The third-order valence-electron chi connectivity index (χ3n) is 9.06. The van der Waals surface area contributed by atoms with Crippen molar-refractivity contribution in [3.8, 4) is 0 Å². The second-order valence-electron chi connectivity index (χ2n) is 12.2.